The van der Waals surface area contributed by atoms with Crippen LogP contribution in [0, 0.1) is 17.2 Å². The largest absolute Gasteiger partial charge is 0.369 e. The van der Waals surface area contributed by atoms with Crippen molar-refractivity contribution in [1.29, 1.82) is 5.26 Å². The van der Waals surface area contributed by atoms with E-state index in [2.05, 4.69) is 16.4 Å². The van der Waals surface area contributed by atoms with Crippen molar-refractivity contribution in [1.82, 2.24) is 4.98 Å². The van der Waals surface area contributed by atoms with Gasteiger partial charge in [-0.15, -0.1) is 0 Å². The van der Waals surface area contributed by atoms with Gasteiger partial charge in [0.25, 0.3) is 0 Å². The van der Waals surface area contributed by atoms with Crippen molar-refractivity contribution < 1.29 is 0 Å². The van der Waals surface area contributed by atoms with E-state index >= 15 is 0 Å². The van der Waals surface area contributed by atoms with Gasteiger partial charge in [0, 0.05) is 12.7 Å². The molecule has 1 aromatic rings. The molecule has 13 heavy (non-hydrogen) atoms. The molecule has 0 atom stereocenters. The van der Waals surface area contributed by atoms with E-state index < -0.39 is 0 Å². The first kappa shape index (κ1) is 8.06. The van der Waals surface area contributed by atoms with Gasteiger partial charge in [0.2, 0.25) is 0 Å². The average molecular weight is 173 g/mol. The van der Waals surface area contributed by atoms with Crippen LogP contribution in [0.25, 0.3) is 0 Å². The second-order valence-electron chi connectivity index (χ2n) is 3.34. The summed E-state index contributed by atoms with van der Waals surface area (Å²) in [5.74, 6) is 1.52. The Morgan fingerprint density at radius 2 is 2.46 bits per heavy atom. The number of nitrogens with zero attached hydrogens (tertiary/aromatic N) is 2. The normalized spacial score (nSPS) is 15.0. The molecular weight excluding hydrogens is 162 g/mol. The van der Waals surface area contributed by atoms with Gasteiger partial charge in [-0.25, -0.2) is 4.98 Å². The molecule has 1 fully saturated rings. The lowest BCUT2D eigenvalue weighted by molar-refractivity contribution is 0.882. The first-order valence-electron chi connectivity index (χ1n) is 4.49. The molecule has 1 aliphatic rings. The van der Waals surface area contributed by atoms with Crippen molar-refractivity contribution in [3.8, 4) is 6.07 Å². The number of pyridine rings is 1. The number of anilines is 1. The van der Waals surface area contributed by atoms with Gasteiger partial charge in [0.05, 0.1) is 5.56 Å². The summed E-state index contributed by atoms with van der Waals surface area (Å²) in [6.07, 6.45) is 4.32. The highest BCUT2D eigenvalue weighted by Crippen LogP contribution is 2.28. The van der Waals surface area contributed by atoms with E-state index in [1.807, 2.05) is 0 Å². The number of hydrogen-bond acceptors (Lipinski definition) is 3. The summed E-state index contributed by atoms with van der Waals surface area (Å²) in [5.41, 5.74) is 0.628. The maximum atomic E-state index is 8.77. The number of hydrogen-bond donors (Lipinski definition) is 1. The van der Waals surface area contributed by atoms with Gasteiger partial charge in [0.1, 0.15) is 11.9 Å². The summed E-state index contributed by atoms with van der Waals surface area (Å²) in [6, 6.07) is 5.67. The molecule has 1 saturated carbocycles. The summed E-state index contributed by atoms with van der Waals surface area (Å²) in [5, 5.41) is 12.0. The van der Waals surface area contributed by atoms with Crippen LogP contribution in [0.4, 0.5) is 5.82 Å². The van der Waals surface area contributed by atoms with E-state index in [4.69, 9.17) is 5.26 Å². The van der Waals surface area contributed by atoms with Crippen molar-refractivity contribution >= 4 is 5.82 Å². The van der Waals surface area contributed by atoms with Gasteiger partial charge in [0.15, 0.2) is 0 Å². The van der Waals surface area contributed by atoms with Crippen LogP contribution in [0.15, 0.2) is 18.3 Å². The minimum atomic E-state index is 0.628. The van der Waals surface area contributed by atoms with Crippen molar-refractivity contribution in [2.75, 3.05) is 11.9 Å². The fourth-order valence-electron chi connectivity index (χ4n) is 1.20. The molecule has 0 saturated heterocycles. The predicted molar refractivity (Wildman–Crippen MR) is 50.2 cm³/mol. The standard InChI is InChI=1S/C10H11N3/c11-6-9-2-1-5-12-10(9)13-7-8-3-4-8/h1-2,5,8H,3-4,7H2,(H,12,13). The lowest BCUT2D eigenvalue weighted by Crippen LogP contribution is -2.06. The van der Waals surface area contributed by atoms with Gasteiger partial charge in [-0.1, -0.05) is 0 Å². The van der Waals surface area contributed by atoms with E-state index in [9.17, 15) is 0 Å². The van der Waals surface area contributed by atoms with Crippen molar-refractivity contribution in [3.05, 3.63) is 23.9 Å². The van der Waals surface area contributed by atoms with Gasteiger partial charge in [-0.3, -0.25) is 0 Å². The first-order valence-corrected chi connectivity index (χ1v) is 4.49. The third kappa shape index (κ3) is 1.97. The quantitative estimate of drug-likeness (QED) is 0.757. The molecular formula is C10H11N3. The first-order chi connectivity index (χ1) is 6.40. The Labute approximate surface area is 77.4 Å². The van der Waals surface area contributed by atoms with Crippen molar-refractivity contribution in [2.45, 2.75) is 12.8 Å². The number of nitriles is 1. The molecule has 0 bridgehead atoms. The van der Waals surface area contributed by atoms with Crippen LogP contribution in [-0.4, -0.2) is 11.5 Å². The fourth-order valence-corrected chi connectivity index (χ4v) is 1.20. The average Bonchev–Trinajstić information content (AvgIpc) is 2.99. The Balaban J connectivity index is 2.05. The Morgan fingerprint density at radius 1 is 1.62 bits per heavy atom. The maximum absolute atomic E-state index is 8.77. The summed E-state index contributed by atoms with van der Waals surface area (Å²) in [7, 11) is 0. The predicted octanol–water partition coefficient (Wildman–Crippen LogP) is 1.78. The molecule has 2 rings (SSSR count). The van der Waals surface area contributed by atoms with Crippen LogP contribution in [0.2, 0.25) is 0 Å². The van der Waals surface area contributed by atoms with E-state index in [1.54, 1.807) is 18.3 Å². The Morgan fingerprint density at radius 3 is 3.15 bits per heavy atom. The minimum Gasteiger partial charge on any atom is -0.369 e. The number of aromatic nitrogens is 1. The highest BCUT2D eigenvalue weighted by Gasteiger charge is 2.21. The molecule has 1 N–H and O–H groups in total. The zero-order chi connectivity index (χ0) is 9.10. The van der Waals surface area contributed by atoms with E-state index in [1.165, 1.54) is 12.8 Å². The lowest BCUT2D eigenvalue weighted by atomic mass is 10.3. The SMILES string of the molecule is N#Cc1cccnc1NCC1CC1. The van der Waals surface area contributed by atoms with Gasteiger partial charge < -0.3 is 5.32 Å². The molecule has 3 nitrogen and oxygen atoms in total. The second-order valence-corrected chi connectivity index (χ2v) is 3.34. The Hall–Kier alpha value is -1.56. The molecule has 0 aliphatic heterocycles. The maximum Gasteiger partial charge on any atom is 0.143 e. The molecule has 1 aromatic heterocycles. The zero-order valence-electron chi connectivity index (χ0n) is 7.33. The van der Waals surface area contributed by atoms with Crippen LogP contribution in [0.3, 0.4) is 0 Å². The van der Waals surface area contributed by atoms with Gasteiger partial charge >= 0.3 is 0 Å². The summed E-state index contributed by atoms with van der Waals surface area (Å²) in [4.78, 5) is 4.12. The van der Waals surface area contributed by atoms with Crippen LogP contribution in [0.1, 0.15) is 18.4 Å². The number of nitrogens with one attached hydrogen (secondary N) is 1. The van der Waals surface area contributed by atoms with Gasteiger partial charge in [-0.2, -0.15) is 5.26 Å². The molecule has 0 amide bonds. The van der Waals surface area contributed by atoms with E-state index in [0.29, 0.717) is 5.56 Å². The van der Waals surface area contributed by atoms with Crippen LogP contribution >= 0.6 is 0 Å². The minimum absolute atomic E-state index is 0.628. The lowest BCUT2D eigenvalue weighted by Gasteiger charge is -2.04. The van der Waals surface area contributed by atoms with Crippen molar-refractivity contribution in [2.24, 2.45) is 5.92 Å². The Kier molecular flexibility index (Phi) is 2.13. The Bertz CT molecular complexity index is 336. The van der Waals surface area contributed by atoms with E-state index in [0.717, 1.165) is 18.3 Å². The van der Waals surface area contributed by atoms with Crippen LogP contribution in [-0.2, 0) is 0 Å². The third-order valence-corrected chi connectivity index (χ3v) is 2.18. The molecule has 1 heterocycles. The highest BCUT2D eigenvalue weighted by molar-refractivity contribution is 5.51. The number of rotatable bonds is 3. The molecule has 3 heteroatoms. The third-order valence-electron chi connectivity index (χ3n) is 2.18. The summed E-state index contributed by atoms with van der Waals surface area (Å²) < 4.78 is 0. The molecule has 1 aliphatic carbocycles. The molecule has 66 valence electrons. The molecule has 0 aromatic carbocycles. The smallest absolute Gasteiger partial charge is 0.143 e. The van der Waals surface area contributed by atoms with Crippen LogP contribution < -0.4 is 5.32 Å². The topological polar surface area (TPSA) is 48.7 Å². The molecule has 0 spiro atoms. The summed E-state index contributed by atoms with van der Waals surface area (Å²) >= 11 is 0. The summed E-state index contributed by atoms with van der Waals surface area (Å²) in [6.45, 7) is 0.950. The molecule has 0 unspecified atom stereocenters. The monoisotopic (exact) mass is 173 g/mol. The van der Waals surface area contributed by atoms with Crippen molar-refractivity contribution in [3.63, 3.8) is 0 Å². The zero-order valence-corrected chi connectivity index (χ0v) is 7.33. The van der Waals surface area contributed by atoms with Gasteiger partial charge in [-0.05, 0) is 30.9 Å². The van der Waals surface area contributed by atoms with E-state index in [-0.39, 0.29) is 0 Å². The van der Waals surface area contributed by atoms with Crippen LogP contribution in [0.5, 0.6) is 0 Å². The second kappa shape index (κ2) is 3.44. The fraction of sp³-hybridized carbons (Fsp3) is 0.400. The molecule has 0 radical (unpaired) electrons. The highest BCUT2D eigenvalue weighted by atomic mass is 15.0.